The van der Waals surface area contributed by atoms with Crippen LogP contribution in [-0.4, -0.2) is 4.98 Å². The fourth-order valence-electron chi connectivity index (χ4n) is 5.35. The molecule has 0 aliphatic rings. The van der Waals surface area contributed by atoms with Gasteiger partial charge in [-0.2, -0.15) is 0 Å². The summed E-state index contributed by atoms with van der Waals surface area (Å²) in [5, 5.41) is 0. The molecule has 194 valence electrons. The van der Waals surface area contributed by atoms with E-state index in [1.165, 1.54) is 154 Å². The SMILES string of the molecule is CCCCCCCCCCCCCCCC[C@H](CCCCCCCCC)c1[nH]cc[n+]1CC. The Balaban J connectivity index is 2.10. The lowest BCUT2D eigenvalue weighted by Gasteiger charge is -2.14. The van der Waals surface area contributed by atoms with Gasteiger partial charge in [0.1, 0.15) is 12.4 Å². The fourth-order valence-corrected chi connectivity index (χ4v) is 5.35. The summed E-state index contributed by atoms with van der Waals surface area (Å²) in [4.78, 5) is 3.59. The van der Waals surface area contributed by atoms with Crippen molar-refractivity contribution in [2.75, 3.05) is 0 Å². The van der Waals surface area contributed by atoms with E-state index in [0.717, 1.165) is 12.5 Å². The number of aromatic amines is 1. The van der Waals surface area contributed by atoms with Gasteiger partial charge in [0.05, 0.1) is 12.5 Å². The molecule has 1 aromatic rings. The van der Waals surface area contributed by atoms with Crippen LogP contribution >= 0.6 is 0 Å². The van der Waals surface area contributed by atoms with Crippen molar-refractivity contribution in [1.29, 1.82) is 0 Å². The van der Waals surface area contributed by atoms with Gasteiger partial charge in [0.25, 0.3) is 5.82 Å². The molecular formula is C31H61N2+. The summed E-state index contributed by atoms with van der Waals surface area (Å²) in [6.45, 7) is 7.97. The molecule has 0 spiro atoms. The highest BCUT2D eigenvalue weighted by atomic mass is 15.1. The third kappa shape index (κ3) is 16.5. The van der Waals surface area contributed by atoms with Crippen LogP contribution in [0.15, 0.2) is 12.4 Å². The number of unbranched alkanes of at least 4 members (excludes halogenated alkanes) is 19. The van der Waals surface area contributed by atoms with Crippen LogP contribution in [0.5, 0.6) is 0 Å². The Morgan fingerprint density at radius 2 is 0.909 bits per heavy atom. The van der Waals surface area contributed by atoms with Gasteiger partial charge in [-0.15, -0.1) is 0 Å². The highest BCUT2D eigenvalue weighted by molar-refractivity contribution is 4.90. The molecule has 1 aromatic heterocycles. The van der Waals surface area contributed by atoms with Gasteiger partial charge in [0.15, 0.2) is 0 Å². The molecule has 1 N–H and O–H groups in total. The van der Waals surface area contributed by atoms with Crippen molar-refractivity contribution in [3.05, 3.63) is 18.2 Å². The summed E-state index contributed by atoms with van der Waals surface area (Å²) < 4.78 is 2.44. The molecule has 0 aromatic carbocycles. The van der Waals surface area contributed by atoms with Crippen molar-refractivity contribution in [2.24, 2.45) is 0 Å². The minimum atomic E-state index is 0.730. The number of aryl methyl sites for hydroxylation is 1. The van der Waals surface area contributed by atoms with Gasteiger partial charge in [0, 0.05) is 0 Å². The zero-order valence-corrected chi connectivity index (χ0v) is 23.1. The van der Waals surface area contributed by atoms with Crippen LogP contribution in [0.2, 0.25) is 0 Å². The number of nitrogens with one attached hydrogen (secondary N) is 1. The number of hydrogen-bond donors (Lipinski definition) is 1. The normalized spacial score (nSPS) is 12.5. The maximum absolute atomic E-state index is 3.59. The highest BCUT2D eigenvalue weighted by Gasteiger charge is 2.21. The van der Waals surface area contributed by atoms with Crippen LogP contribution in [0.4, 0.5) is 0 Å². The van der Waals surface area contributed by atoms with E-state index in [4.69, 9.17) is 0 Å². The predicted octanol–water partition coefficient (Wildman–Crippen LogP) is 10.4. The van der Waals surface area contributed by atoms with E-state index in [1.807, 2.05) is 0 Å². The largest absolute Gasteiger partial charge is 0.257 e. The minimum Gasteiger partial charge on any atom is -0.247 e. The molecule has 1 heterocycles. The van der Waals surface area contributed by atoms with Gasteiger partial charge in [-0.05, 0) is 19.8 Å². The smallest absolute Gasteiger partial charge is 0.247 e. The van der Waals surface area contributed by atoms with Crippen LogP contribution in [0, 0.1) is 0 Å². The van der Waals surface area contributed by atoms with Gasteiger partial charge in [0.2, 0.25) is 0 Å². The second kappa shape index (κ2) is 23.0. The molecule has 0 saturated heterocycles. The minimum absolute atomic E-state index is 0.730. The lowest BCUT2D eigenvalue weighted by Crippen LogP contribution is -2.36. The van der Waals surface area contributed by atoms with Crippen LogP contribution in [-0.2, 0) is 6.54 Å². The summed E-state index contributed by atoms with van der Waals surface area (Å²) in [6.07, 6.45) is 37.3. The molecule has 0 unspecified atom stereocenters. The van der Waals surface area contributed by atoms with Crippen molar-refractivity contribution in [3.63, 3.8) is 0 Å². The van der Waals surface area contributed by atoms with E-state index in [-0.39, 0.29) is 0 Å². The maximum atomic E-state index is 3.59. The van der Waals surface area contributed by atoms with Gasteiger partial charge in [-0.3, -0.25) is 0 Å². The first-order valence-electron chi connectivity index (χ1n) is 15.4. The van der Waals surface area contributed by atoms with Gasteiger partial charge < -0.3 is 0 Å². The number of aromatic nitrogens is 2. The van der Waals surface area contributed by atoms with E-state index >= 15 is 0 Å². The van der Waals surface area contributed by atoms with E-state index in [2.05, 4.69) is 42.7 Å². The van der Waals surface area contributed by atoms with E-state index in [0.29, 0.717) is 0 Å². The van der Waals surface area contributed by atoms with Gasteiger partial charge in [-0.25, -0.2) is 9.55 Å². The van der Waals surface area contributed by atoms with Gasteiger partial charge in [-0.1, -0.05) is 149 Å². The van der Waals surface area contributed by atoms with Gasteiger partial charge >= 0.3 is 0 Å². The number of H-pyrrole nitrogens is 1. The Morgan fingerprint density at radius 3 is 1.27 bits per heavy atom. The van der Waals surface area contributed by atoms with E-state index in [9.17, 15) is 0 Å². The van der Waals surface area contributed by atoms with E-state index in [1.54, 1.807) is 0 Å². The number of hydrogen-bond acceptors (Lipinski definition) is 0. The lowest BCUT2D eigenvalue weighted by atomic mass is 9.93. The summed E-state index contributed by atoms with van der Waals surface area (Å²) in [7, 11) is 0. The monoisotopic (exact) mass is 461 g/mol. The van der Waals surface area contributed by atoms with Crippen molar-refractivity contribution < 1.29 is 4.57 Å². The second-order valence-corrected chi connectivity index (χ2v) is 10.6. The Hall–Kier alpha value is -0.790. The summed E-state index contributed by atoms with van der Waals surface area (Å²) in [5.41, 5.74) is 0. The standard InChI is InChI=1S/C31H60N2/c1-4-7-9-11-13-14-15-16-17-18-19-21-23-25-27-30(31-32-28-29-33(31)6-3)26-24-22-20-12-10-8-5-2/h28-30H,4-27H2,1-3H3/p+1/t30-/m0/s1. The lowest BCUT2D eigenvalue weighted by molar-refractivity contribution is -0.701. The average molecular weight is 462 g/mol. The molecule has 0 aliphatic heterocycles. The number of nitrogens with zero attached hydrogens (tertiary/aromatic N) is 1. The summed E-state index contributed by atoms with van der Waals surface area (Å²) in [5.74, 6) is 2.21. The molecule has 2 nitrogen and oxygen atoms in total. The fraction of sp³-hybridized carbons (Fsp3) is 0.903. The van der Waals surface area contributed by atoms with Crippen LogP contribution in [0.25, 0.3) is 0 Å². The summed E-state index contributed by atoms with van der Waals surface area (Å²) in [6, 6.07) is 0. The molecule has 1 atom stereocenters. The molecule has 0 aliphatic carbocycles. The molecule has 2 heteroatoms. The van der Waals surface area contributed by atoms with Crippen LogP contribution in [0.3, 0.4) is 0 Å². The number of imidazole rings is 1. The summed E-state index contributed by atoms with van der Waals surface area (Å²) >= 11 is 0. The molecule has 0 bridgehead atoms. The Kier molecular flexibility index (Phi) is 21.1. The number of rotatable bonds is 25. The first kappa shape index (κ1) is 30.2. The first-order valence-corrected chi connectivity index (χ1v) is 15.4. The molecular weight excluding hydrogens is 400 g/mol. The molecule has 1 rings (SSSR count). The zero-order valence-electron chi connectivity index (χ0n) is 23.1. The van der Waals surface area contributed by atoms with Crippen LogP contribution in [0.1, 0.15) is 180 Å². The molecule has 33 heavy (non-hydrogen) atoms. The third-order valence-corrected chi connectivity index (χ3v) is 7.58. The average Bonchev–Trinajstić information content (AvgIpc) is 3.31. The second-order valence-electron chi connectivity index (χ2n) is 10.6. The van der Waals surface area contributed by atoms with E-state index < -0.39 is 0 Å². The Bertz CT molecular complexity index is 507. The molecule has 0 saturated carbocycles. The van der Waals surface area contributed by atoms with Crippen molar-refractivity contribution >= 4 is 0 Å². The topological polar surface area (TPSA) is 19.7 Å². The molecule has 0 amide bonds. The maximum Gasteiger partial charge on any atom is 0.257 e. The molecule has 0 fully saturated rings. The van der Waals surface area contributed by atoms with Crippen molar-refractivity contribution in [1.82, 2.24) is 4.98 Å². The van der Waals surface area contributed by atoms with Crippen molar-refractivity contribution in [3.8, 4) is 0 Å². The quantitative estimate of drug-likeness (QED) is 0.110. The van der Waals surface area contributed by atoms with Crippen molar-refractivity contribution in [2.45, 2.75) is 181 Å². The predicted molar refractivity (Wildman–Crippen MR) is 147 cm³/mol. The highest BCUT2D eigenvalue weighted by Crippen LogP contribution is 2.26. The Labute approximate surface area is 208 Å². The first-order chi connectivity index (χ1) is 16.3. The molecule has 0 radical (unpaired) electrons. The Morgan fingerprint density at radius 1 is 0.545 bits per heavy atom. The zero-order chi connectivity index (χ0) is 23.8. The third-order valence-electron chi connectivity index (χ3n) is 7.58. The van der Waals surface area contributed by atoms with Crippen LogP contribution < -0.4 is 4.57 Å².